The predicted octanol–water partition coefficient (Wildman–Crippen LogP) is 15.3. The first kappa shape index (κ1) is 91.3. The minimum absolute atomic E-state index is 0.198. The van der Waals surface area contributed by atoms with E-state index in [9.17, 15) is 22.7 Å². The summed E-state index contributed by atoms with van der Waals surface area (Å²) in [6.07, 6.45) is 31.3. The van der Waals surface area contributed by atoms with Gasteiger partial charge in [0.2, 0.25) is 0 Å². The summed E-state index contributed by atoms with van der Waals surface area (Å²) in [7, 11) is 8.71. The molecule has 8 aliphatic rings. The van der Waals surface area contributed by atoms with Crippen LogP contribution in [0.4, 0.5) is 17.6 Å². The summed E-state index contributed by atoms with van der Waals surface area (Å²) in [5, 5.41) is 31.8. The van der Waals surface area contributed by atoms with Crippen LogP contribution in [-0.2, 0) is 46.2 Å². The molecule has 12 aromatic rings. The Kier molecular flexibility index (Phi) is 27.4. The van der Waals surface area contributed by atoms with Gasteiger partial charge in [-0.1, -0.05) is 118 Å². The van der Waals surface area contributed by atoms with Crippen molar-refractivity contribution in [2.24, 2.45) is 20.6 Å². The van der Waals surface area contributed by atoms with Gasteiger partial charge in [0.05, 0.1) is 119 Å². The second-order valence-electron chi connectivity index (χ2n) is 33.9. The molecule has 692 valence electrons. The number of aryl methyl sites for hydroxylation is 4. The van der Waals surface area contributed by atoms with Crippen molar-refractivity contribution in [2.45, 2.75) is 68.8 Å². The van der Waals surface area contributed by atoms with E-state index in [-0.39, 0.29) is 29.9 Å². The third-order valence-electron chi connectivity index (χ3n) is 25.3. The average Bonchev–Trinajstić information content (AvgIpc) is 1.07. The van der Waals surface area contributed by atoms with Gasteiger partial charge in [0.1, 0.15) is 94.9 Å². The Balaban J connectivity index is 0.000000124. The van der Waals surface area contributed by atoms with E-state index in [0.29, 0.717) is 70.8 Å². The molecular formula is C102H106F4N18O10. The summed E-state index contributed by atoms with van der Waals surface area (Å²) in [4.78, 5) is 50.9. The number of halogens is 4. The second-order valence-corrected chi connectivity index (χ2v) is 33.9. The maximum atomic E-state index is 13.6. The Morgan fingerprint density at radius 1 is 0.381 bits per heavy atom. The summed E-state index contributed by atoms with van der Waals surface area (Å²) in [6.45, 7) is 16.3. The molecule has 4 saturated heterocycles. The van der Waals surface area contributed by atoms with Crippen LogP contribution in [0.5, 0.6) is 23.0 Å². The standard InChI is InChI=1S/C26H28FN5O2.C26H27FN4O3.C25H26FN5O2.C25H25FN4O3/c1-19-15-31(18-28-19)23-10-4-20(14-24(23)33-3)5-11-25-29-34-17-26(16-30(2)12-13-32(25)26)21-6-8-22(27)9-7-21;1-18-15-30(17-28-18)22-11-5-19(14-23(22)33-2)6-12-25-29-34-16-26(20-7-9-21(27)10-8-20)24(32)4-3-13-31(25)26;1-18-14-30(17-28-18)22-9-3-19(13-23(22)32-2)4-10-24-29-33-16-25(15-27-11-12-31(24)25)20-5-7-21(26)8-6-20;1-18-14-29(17-27-18)22-9-3-19(13-23(22)31-2)4-10-24-28-33-16-25(15-32-12-11-30(24)25)20-5-7-21(26)8-6-20/h4-11,14-15,18H,12-13,16-17H2,1-3H3;5-12,14-15,17,24,32H,3-4,13,16H2,1-2H3;3-10,13-14,17,27H,11-12,15-16H2,1-2H3;3-10,13-14,17H,11-12,15-16H2,1-2H3/b11-5+;12-6+;2*10-4+. The first-order valence-electron chi connectivity index (χ1n) is 44.3. The van der Waals surface area contributed by atoms with Crippen LogP contribution < -0.4 is 24.3 Å². The Labute approximate surface area is 774 Å². The van der Waals surface area contributed by atoms with Crippen molar-refractivity contribution in [2.75, 3.05) is 127 Å². The number of fused-ring (bicyclic) bond motifs is 4. The van der Waals surface area contributed by atoms with Crippen LogP contribution in [0.25, 0.3) is 47.1 Å². The van der Waals surface area contributed by atoms with Crippen molar-refractivity contribution in [3.63, 3.8) is 0 Å². The number of aromatic nitrogens is 8. The number of aliphatic hydroxyl groups excluding tert-OH is 1. The summed E-state index contributed by atoms with van der Waals surface area (Å²) < 4.78 is 90.4. The zero-order chi connectivity index (χ0) is 93.1. The highest BCUT2D eigenvalue weighted by molar-refractivity contribution is 6.00. The number of hydrogen-bond acceptors (Lipinski definition) is 24. The number of piperidine rings is 1. The number of nitrogens with one attached hydrogen (secondary N) is 1. The van der Waals surface area contributed by atoms with Crippen molar-refractivity contribution in [3.8, 4) is 45.7 Å². The van der Waals surface area contributed by atoms with E-state index in [0.717, 1.165) is 164 Å². The number of piperazine rings is 2. The molecular weight excluding hydrogens is 1710 g/mol. The number of imidazole rings is 4. The maximum Gasteiger partial charge on any atom is 0.169 e. The molecule has 20 rings (SSSR count). The van der Waals surface area contributed by atoms with Gasteiger partial charge >= 0.3 is 0 Å². The fourth-order valence-electron chi connectivity index (χ4n) is 18.4. The second kappa shape index (κ2) is 40.2. The zero-order valence-electron chi connectivity index (χ0n) is 76.0. The van der Waals surface area contributed by atoms with Gasteiger partial charge in [0.15, 0.2) is 23.3 Å². The SMILES string of the molecule is COc1cc(/C=C/C2=NOCC3(c4ccc(F)cc4)C(O)CCCN23)ccc1-n1cnc(C)c1.COc1cc(/C=C/C2=NOCC3(c4ccc(F)cc4)CN(C)CCN23)ccc1-n1cnc(C)c1.COc1cc(/C=C/C2=NOCC3(c4ccc(F)cc4)CNCCN23)ccc1-n1cnc(C)c1.COc1cc(/C=C/C2=NOCC3(c4ccc(F)cc4)COCCN23)ccc1-n1cnc(C)c1. The fourth-order valence-corrected chi connectivity index (χ4v) is 18.4. The van der Waals surface area contributed by atoms with Gasteiger partial charge in [-0.05, 0) is 213 Å². The average molecular weight is 1820 g/mol. The molecule has 0 amide bonds. The Morgan fingerprint density at radius 2 is 0.724 bits per heavy atom. The van der Waals surface area contributed by atoms with Crippen molar-refractivity contribution in [1.82, 2.24) is 68.0 Å². The summed E-state index contributed by atoms with van der Waals surface area (Å²) >= 11 is 0. The van der Waals surface area contributed by atoms with Crippen LogP contribution in [0, 0.1) is 51.0 Å². The molecule has 28 nitrogen and oxygen atoms in total. The largest absolute Gasteiger partial charge is 0.495 e. The lowest BCUT2D eigenvalue weighted by atomic mass is 9.78. The molecule has 32 heteroatoms. The van der Waals surface area contributed by atoms with E-state index in [1.165, 1.54) is 48.5 Å². The summed E-state index contributed by atoms with van der Waals surface area (Å²) in [5.74, 6) is 4.67. The van der Waals surface area contributed by atoms with Gasteiger partial charge in [0, 0.05) is 77.1 Å². The predicted molar refractivity (Wildman–Crippen MR) is 505 cm³/mol. The third-order valence-corrected chi connectivity index (χ3v) is 25.3. The normalized spacial score (nSPS) is 20.9. The summed E-state index contributed by atoms with van der Waals surface area (Å²) in [5.41, 5.74) is 12.8. The molecule has 4 aromatic heterocycles. The lowest BCUT2D eigenvalue weighted by molar-refractivity contribution is -0.0993. The number of aliphatic hydroxyl groups is 1. The van der Waals surface area contributed by atoms with Crippen LogP contribution in [0.3, 0.4) is 0 Å². The molecule has 8 aromatic carbocycles. The smallest absolute Gasteiger partial charge is 0.169 e. The number of methoxy groups -OCH3 is 4. The van der Waals surface area contributed by atoms with Crippen LogP contribution >= 0.6 is 0 Å². The van der Waals surface area contributed by atoms with E-state index in [2.05, 4.69) is 77.4 Å². The Morgan fingerprint density at radius 3 is 1.11 bits per heavy atom. The lowest BCUT2D eigenvalue weighted by Crippen LogP contribution is -2.64. The van der Waals surface area contributed by atoms with Crippen LogP contribution in [0.15, 0.2) is 265 Å². The molecule has 5 atom stereocenters. The van der Waals surface area contributed by atoms with Gasteiger partial charge in [-0.3, -0.25) is 0 Å². The molecule has 4 fully saturated rings. The topological polar surface area (TPSA) is 252 Å². The molecule has 0 radical (unpaired) electrons. The molecule has 2 N–H and O–H groups in total. The van der Waals surface area contributed by atoms with Gasteiger partial charge in [0.25, 0.3) is 0 Å². The maximum absolute atomic E-state index is 13.6. The molecule has 134 heavy (non-hydrogen) atoms. The van der Waals surface area contributed by atoms with Crippen molar-refractivity contribution < 1.29 is 65.7 Å². The molecule has 8 aliphatic heterocycles. The number of amidine groups is 4. The molecule has 5 unspecified atom stereocenters. The quantitative estimate of drug-likeness (QED) is 0.0673. The number of ether oxygens (including phenoxy) is 5. The van der Waals surface area contributed by atoms with Gasteiger partial charge in [-0.25, -0.2) is 37.5 Å². The molecule has 0 saturated carbocycles. The van der Waals surface area contributed by atoms with Gasteiger partial charge in [-0.2, -0.15) is 0 Å². The van der Waals surface area contributed by atoms with E-state index >= 15 is 0 Å². The number of oxime groups is 4. The Bertz CT molecular complexity index is 6220. The zero-order valence-corrected chi connectivity index (χ0v) is 76.0. The van der Waals surface area contributed by atoms with Crippen LogP contribution in [0.1, 0.15) is 80.1 Å². The fraction of sp³-hybridized carbons (Fsp3) is 0.294. The number of rotatable bonds is 20. The highest BCUT2D eigenvalue weighted by Crippen LogP contribution is 2.44. The van der Waals surface area contributed by atoms with Gasteiger partial charge < -0.3 is 96.2 Å². The van der Waals surface area contributed by atoms with Crippen molar-refractivity contribution in [1.29, 1.82) is 0 Å². The number of nitrogens with zero attached hydrogens (tertiary/aromatic N) is 17. The van der Waals surface area contributed by atoms with Crippen molar-refractivity contribution >= 4 is 47.6 Å². The first-order valence-corrected chi connectivity index (χ1v) is 44.3. The monoisotopic (exact) mass is 1820 g/mol. The number of hydrogen-bond donors (Lipinski definition) is 2. The van der Waals surface area contributed by atoms with E-state index in [1.807, 2.05) is 216 Å². The Hall–Kier alpha value is -14.6. The lowest BCUT2D eigenvalue weighted by Gasteiger charge is -2.52. The van der Waals surface area contributed by atoms with E-state index in [1.54, 1.807) is 78.0 Å². The summed E-state index contributed by atoms with van der Waals surface area (Å²) in [6, 6.07) is 50.1. The van der Waals surface area contributed by atoms with Gasteiger partial charge in [-0.15, -0.1) is 0 Å². The highest BCUT2D eigenvalue weighted by Gasteiger charge is 2.53. The third kappa shape index (κ3) is 19.3. The molecule has 0 spiro atoms. The van der Waals surface area contributed by atoms with Crippen molar-refractivity contribution in [3.05, 3.63) is 335 Å². The van der Waals surface area contributed by atoms with E-state index in [4.69, 9.17) is 43.0 Å². The molecule has 12 heterocycles. The van der Waals surface area contributed by atoms with E-state index < -0.39 is 28.3 Å². The number of morpholine rings is 1. The highest BCUT2D eigenvalue weighted by atomic mass is 19.1. The number of likely N-dealkylation sites (N-methyl/N-ethyl adjacent to an activating group) is 1. The molecule has 0 aliphatic carbocycles. The van der Waals surface area contributed by atoms with Crippen LogP contribution in [0.2, 0.25) is 0 Å². The minimum atomic E-state index is -0.811. The minimum Gasteiger partial charge on any atom is -0.495 e. The van der Waals surface area contributed by atoms with Crippen LogP contribution in [-0.4, -0.2) is 225 Å². The first-order chi connectivity index (χ1) is 65.2. The number of benzene rings is 8. The molecule has 0 bridgehead atoms.